The quantitative estimate of drug-likeness (QED) is 0.472. The number of benzene rings is 3. The minimum absolute atomic E-state index is 0.0902. The van der Waals surface area contributed by atoms with Gasteiger partial charge in [-0.1, -0.05) is 18.2 Å². The molecule has 4 aromatic rings. The number of rotatable bonds is 5. The number of amides is 1. The van der Waals surface area contributed by atoms with E-state index in [1.165, 1.54) is 0 Å². The fourth-order valence-electron chi connectivity index (χ4n) is 4.69. The van der Waals surface area contributed by atoms with Crippen LogP contribution in [0.2, 0.25) is 0 Å². The Balaban J connectivity index is 1.26. The first-order chi connectivity index (χ1) is 17.1. The fraction of sp³-hybridized carbons (Fsp3) is 0.250. The van der Waals surface area contributed by atoms with Crippen molar-refractivity contribution in [2.75, 3.05) is 13.2 Å². The first kappa shape index (κ1) is 21.4. The molecule has 6 rings (SSSR count). The van der Waals surface area contributed by atoms with Gasteiger partial charge in [-0.15, -0.1) is 0 Å². The highest BCUT2D eigenvalue weighted by Gasteiger charge is 2.34. The Bertz CT molecular complexity index is 1490. The second-order valence-electron chi connectivity index (χ2n) is 9.06. The summed E-state index contributed by atoms with van der Waals surface area (Å²) in [6.45, 7) is 2.88. The summed E-state index contributed by atoms with van der Waals surface area (Å²) in [5, 5.41) is 3.77. The van der Waals surface area contributed by atoms with Gasteiger partial charge in [-0.3, -0.25) is 14.2 Å². The van der Waals surface area contributed by atoms with Crippen molar-refractivity contribution in [1.82, 2.24) is 14.9 Å². The van der Waals surface area contributed by atoms with Gasteiger partial charge in [0.1, 0.15) is 19.0 Å². The van der Waals surface area contributed by atoms with E-state index >= 15 is 0 Å². The fourth-order valence-corrected chi connectivity index (χ4v) is 4.69. The van der Waals surface area contributed by atoms with Crippen LogP contribution in [0.15, 0.2) is 71.5 Å². The second-order valence-corrected chi connectivity index (χ2v) is 9.06. The Hall–Kier alpha value is -4.13. The number of fused-ring (bicyclic) bond motifs is 2. The number of aryl methyl sites for hydroxylation is 1. The van der Waals surface area contributed by atoms with Gasteiger partial charge in [-0.25, -0.2) is 4.98 Å². The van der Waals surface area contributed by atoms with Crippen molar-refractivity contribution in [2.24, 2.45) is 5.92 Å². The zero-order valence-electron chi connectivity index (χ0n) is 19.4. The number of nitrogens with one attached hydrogen (secondary N) is 1. The van der Waals surface area contributed by atoms with Crippen LogP contribution in [0.4, 0.5) is 0 Å². The molecule has 176 valence electrons. The van der Waals surface area contributed by atoms with Crippen molar-refractivity contribution in [2.45, 2.75) is 25.8 Å². The molecular formula is C28H25N3O4. The van der Waals surface area contributed by atoms with Crippen LogP contribution in [0.25, 0.3) is 16.6 Å². The first-order valence-electron chi connectivity index (χ1n) is 11.9. The minimum atomic E-state index is -0.149. The third kappa shape index (κ3) is 4.03. The Labute approximate surface area is 202 Å². The second kappa shape index (κ2) is 8.58. The smallest absolute Gasteiger partial charge is 0.265 e. The number of para-hydroxylation sites is 1. The SMILES string of the molecule is Cc1nc2ccccc2c(=O)n1-c1ccc(C(=O)NC(c2ccc3c(c2)OCCO3)C2CC2)cc1. The third-order valence-electron chi connectivity index (χ3n) is 6.64. The van der Waals surface area contributed by atoms with E-state index in [0.29, 0.717) is 47.1 Å². The molecule has 7 heteroatoms. The van der Waals surface area contributed by atoms with E-state index in [4.69, 9.17) is 9.47 Å². The molecule has 2 heterocycles. The highest BCUT2D eigenvalue weighted by Crippen LogP contribution is 2.43. The highest BCUT2D eigenvalue weighted by molar-refractivity contribution is 5.94. The molecule has 3 aromatic carbocycles. The minimum Gasteiger partial charge on any atom is -0.486 e. The summed E-state index contributed by atoms with van der Waals surface area (Å²) in [6, 6.07) is 20.2. The van der Waals surface area contributed by atoms with Gasteiger partial charge in [-0.05, 0) is 79.8 Å². The average Bonchev–Trinajstić information content (AvgIpc) is 3.73. The number of carbonyl (C=O) groups is 1. The zero-order valence-corrected chi connectivity index (χ0v) is 19.4. The van der Waals surface area contributed by atoms with Crippen molar-refractivity contribution in [3.63, 3.8) is 0 Å². The molecular weight excluding hydrogens is 442 g/mol. The van der Waals surface area contributed by atoms with E-state index in [2.05, 4.69) is 10.3 Å². The lowest BCUT2D eigenvalue weighted by atomic mass is 10.0. The van der Waals surface area contributed by atoms with Gasteiger partial charge < -0.3 is 14.8 Å². The van der Waals surface area contributed by atoms with E-state index in [0.717, 1.165) is 29.9 Å². The molecule has 2 aliphatic rings. The van der Waals surface area contributed by atoms with Crippen LogP contribution in [0.1, 0.15) is 40.6 Å². The predicted molar refractivity (Wildman–Crippen MR) is 132 cm³/mol. The number of aromatic nitrogens is 2. The molecule has 0 radical (unpaired) electrons. The Morgan fingerprint density at radius 2 is 1.74 bits per heavy atom. The number of hydrogen-bond acceptors (Lipinski definition) is 5. The maximum Gasteiger partial charge on any atom is 0.265 e. The van der Waals surface area contributed by atoms with Gasteiger partial charge in [0.2, 0.25) is 0 Å². The predicted octanol–water partition coefficient (Wildman–Crippen LogP) is 4.35. The Morgan fingerprint density at radius 1 is 1.00 bits per heavy atom. The molecule has 1 fully saturated rings. The molecule has 1 aliphatic heterocycles. The van der Waals surface area contributed by atoms with Crippen molar-refractivity contribution >= 4 is 16.8 Å². The number of hydrogen-bond donors (Lipinski definition) is 1. The largest absolute Gasteiger partial charge is 0.486 e. The van der Waals surface area contributed by atoms with E-state index in [-0.39, 0.29) is 17.5 Å². The van der Waals surface area contributed by atoms with Crippen LogP contribution >= 0.6 is 0 Å². The van der Waals surface area contributed by atoms with Gasteiger partial charge >= 0.3 is 0 Å². The van der Waals surface area contributed by atoms with Crippen LogP contribution in [-0.4, -0.2) is 28.7 Å². The lowest BCUT2D eigenvalue weighted by Crippen LogP contribution is -2.30. The van der Waals surface area contributed by atoms with E-state index in [9.17, 15) is 9.59 Å². The van der Waals surface area contributed by atoms with Gasteiger partial charge in [0, 0.05) is 5.56 Å². The van der Waals surface area contributed by atoms with Crippen LogP contribution in [0, 0.1) is 12.8 Å². The van der Waals surface area contributed by atoms with Gasteiger partial charge in [0.25, 0.3) is 11.5 Å². The van der Waals surface area contributed by atoms with Gasteiger partial charge in [0.15, 0.2) is 11.5 Å². The molecule has 7 nitrogen and oxygen atoms in total. The topological polar surface area (TPSA) is 82.5 Å². The van der Waals surface area contributed by atoms with E-state index in [1.807, 2.05) is 43.3 Å². The molecule has 1 saturated carbocycles. The first-order valence-corrected chi connectivity index (χ1v) is 11.9. The number of nitrogens with zero attached hydrogens (tertiary/aromatic N) is 2. The van der Waals surface area contributed by atoms with Crippen molar-refractivity contribution in [3.8, 4) is 17.2 Å². The Kier molecular flexibility index (Phi) is 5.25. The number of ether oxygens (including phenoxy) is 2. The molecule has 35 heavy (non-hydrogen) atoms. The van der Waals surface area contributed by atoms with Gasteiger partial charge in [0.05, 0.1) is 22.6 Å². The highest BCUT2D eigenvalue weighted by atomic mass is 16.6. The third-order valence-corrected chi connectivity index (χ3v) is 6.64. The summed E-state index contributed by atoms with van der Waals surface area (Å²) in [7, 11) is 0. The lowest BCUT2D eigenvalue weighted by Gasteiger charge is -2.23. The molecule has 0 saturated heterocycles. The zero-order chi connectivity index (χ0) is 23.9. The standard InChI is InChI=1S/C28H25N3O4/c1-17-29-23-5-3-2-4-22(23)28(33)31(17)21-11-8-19(9-12-21)27(32)30-26(18-6-7-18)20-10-13-24-25(16-20)35-15-14-34-24/h2-5,8-13,16,18,26H,6-7,14-15H2,1H3,(H,30,32). The molecule has 1 atom stereocenters. The summed E-state index contributed by atoms with van der Waals surface area (Å²) in [5.41, 5.74) is 2.78. The van der Waals surface area contributed by atoms with Crippen LogP contribution in [0.3, 0.4) is 0 Å². The van der Waals surface area contributed by atoms with Crippen LogP contribution < -0.4 is 20.3 Å². The van der Waals surface area contributed by atoms with E-state index in [1.54, 1.807) is 34.9 Å². The molecule has 1 N–H and O–H groups in total. The molecule has 1 amide bonds. The maximum atomic E-state index is 13.2. The molecule has 1 unspecified atom stereocenters. The normalized spacial score (nSPS) is 15.6. The summed E-state index contributed by atoms with van der Waals surface area (Å²) in [4.78, 5) is 30.8. The maximum absolute atomic E-state index is 13.2. The van der Waals surface area contributed by atoms with Crippen molar-refractivity contribution in [3.05, 3.63) is 94.0 Å². The van der Waals surface area contributed by atoms with Crippen LogP contribution in [0.5, 0.6) is 11.5 Å². The molecule has 1 aliphatic carbocycles. The monoisotopic (exact) mass is 467 g/mol. The van der Waals surface area contributed by atoms with E-state index < -0.39 is 0 Å². The van der Waals surface area contributed by atoms with Crippen molar-refractivity contribution in [1.29, 1.82) is 0 Å². The summed E-state index contributed by atoms with van der Waals surface area (Å²) >= 11 is 0. The molecule has 0 bridgehead atoms. The van der Waals surface area contributed by atoms with Gasteiger partial charge in [-0.2, -0.15) is 0 Å². The molecule has 1 aromatic heterocycles. The summed E-state index contributed by atoms with van der Waals surface area (Å²) in [5.74, 6) is 2.32. The Morgan fingerprint density at radius 3 is 2.51 bits per heavy atom. The average molecular weight is 468 g/mol. The summed E-state index contributed by atoms with van der Waals surface area (Å²) < 4.78 is 12.9. The summed E-state index contributed by atoms with van der Waals surface area (Å²) in [6.07, 6.45) is 2.16. The molecule has 0 spiro atoms. The van der Waals surface area contributed by atoms with Crippen molar-refractivity contribution < 1.29 is 14.3 Å². The lowest BCUT2D eigenvalue weighted by molar-refractivity contribution is 0.0931. The number of carbonyl (C=O) groups excluding carboxylic acids is 1. The van der Waals surface area contributed by atoms with Crippen LogP contribution in [-0.2, 0) is 0 Å².